The average Bonchev–Trinajstić information content (AvgIpc) is 2.12. The Hall–Kier alpha value is -0.720. The minimum absolute atomic E-state index is 0.223. The van der Waals surface area contributed by atoms with Gasteiger partial charge in [-0.3, -0.25) is 0 Å². The normalized spacial score (nSPS) is 13.8. The fourth-order valence-electron chi connectivity index (χ4n) is 1.57. The first-order chi connectivity index (χ1) is 6.72. The molecule has 0 saturated carbocycles. The van der Waals surface area contributed by atoms with E-state index in [0.717, 1.165) is 12.1 Å². The monoisotopic (exact) mass is 209 g/mol. The minimum Gasteiger partial charge on any atom is -0.382 e. The first kappa shape index (κ1) is 14.3. The van der Waals surface area contributed by atoms with Gasteiger partial charge in [-0.05, 0) is 24.7 Å². The fourth-order valence-corrected chi connectivity index (χ4v) is 1.57. The van der Waals surface area contributed by atoms with Gasteiger partial charge in [0.05, 0.1) is 6.04 Å². The number of rotatable bonds is 6. The van der Waals surface area contributed by atoms with Crippen LogP contribution in [0.5, 0.6) is 0 Å². The highest BCUT2D eigenvalue weighted by molar-refractivity contribution is 5.15. The van der Waals surface area contributed by atoms with E-state index in [9.17, 15) is 0 Å². The van der Waals surface area contributed by atoms with Crippen molar-refractivity contribution in [1.82, 2.24) is 5.32 Å². The maximum absolute atomic E-state index is 4.22. The lowest BCUT2D eigenvalue weighted by molar-refractivity contribution is 0.263. The van der Waals surface area contributed by atoms with Gasteiger partial charge in [0.1, 0.15) is 0 Å². The molecule has 0 amide bonds. The third-order valence-corrected chi connectivity index (χ3v) is 3.20. The van der Waals surface area contributed by atoms with Crippen molar-refractivity contribution in [2.24, 2.45) is 11.3 Å². The number of allylic oxidation sites excluding steroid dienone is 1. The summed E-state index contributed by atoms with van der Waals surface area (Å²) in [5, 5.41) is 3.46. The summed E-state index contributed by atoms with van der Waals surface area (Å²) in [6.45, 7) is 21.3. The molecule has 1 unspecified atom stereocenters. The molecule has 0 fully saturated rings. The summed E-state index contributed by atoms with van der Waals surface area (Å²) in [7, 11) is 0. The lowest BCUT2D eigenvalue weighted by Gasteiger charge is -2.38. The number of hydrogen-bond acceptors (Lipinski definition) is 1. The molecule has 0 rings (SSSR count). The van der Waals surface area contributed by atoms with Crippen LogP contribution in [0, 0.1) is 11.3 Å². The molecule has 0 aromatic rings. The highest BCUT2D eigenvalue weighted by Crippen LogP contribution is 2.32. The number of nitrogens with one attached hydrogen (secondary N) is 1. The summed E-state index contributed by atoms with van der Waals surface area (Å²) in [5.41, 5.74) is 2.51. The molecule has 88 valence electrons. The summed E-state index contributed by atoms with van der Waals surface area (Å²) >= 11 is 0. The Bertz CT molecular complexity index is 236. The molecular weight excluding hydrogens is 182 g/mol. The second-order valence-corrected chi connectivity index (χ2v) is 5.43. The van der Waals surface area contributed by atoms with Crippen molar-refractivity contribution in [2.75, 3.05) is 0 Å². The maximum Gasteiger partial charge on any atom is 0.0521 e. The van der Waals surface area contributed by atoms with Gasteiger partial charge in [0.2, 0.25) is 0 Å². The molecular formula is C14H27N. The molecule has 0 radical (unpaired) electrons. The Morgan fingerprint density at radius 3 is 2.00 bits per heavy atom. The van der Waals surface area contributed by atoms with E-state index < -0.39 is 0 Å². The van der Waals surface area contributed by atoms with Crippen LogP contribution in [0.25, 0.3) is 0 Å². The molecule has 0 bridgehead atoms. The van der Waals surface area contributed by atoms with Crippen molar-refractivity contribution in [2.45, 2.75) is 54.0 Å². The Kier molecular flexibility index (Phi) is 5.13. The lowest BCUT2D eigenvalue weighted by Crippen LogP contribution is -2.43. The Morgan fingerprint density at radius 2 is 1.73 bits per heavy atom. The highest BCUT2D eigenvalue weighted by atomic mass is 14.9. The van der Waals surface area contributed by atoms with Crippen LogP contribution < -0.4 is 5.32 Å². The van der Waals surface area contributed by atoms with Crippen molar-refractivity contribution < 1.29 is 0 Å². The van der Waals surface area contributed by atoms with Crippen LogP contribution in [0.1, 0.15) is 48.0 Å². The molecule has 1 N–H and O–H groups in total. The molecule has 0 saturated heterocycles. The molecule has 0 aliphatic rings. The van der Waals surface area contributed by atoms with E-state index >= 15 is 0 Å². The third-order valence-electron chi connectivity index (χ3n) is 3.20. The van der Waals surface area contributed by atoms with E-state index in [1.54, 1.807) is 0 Å². The largest absolute Gasteiger partial charge is 0.382 e. The van der Waals surface area contributed by atoms with Gasteiger partial charge in [-0.1, -0.05) is 53.3 Å². The van der Waals surface area contributed by atoms with E-state index in [4.69, 9.17) is 0 Å². The van der Waals surface area contributed by atoms with E-state index in [-0.39, 0.29) is 5.41 Å². The van der Waals surface area contributed by atoms with E-state index in [1.165, 1.54) is 5.57 Å². The van der Waals surface area contributed by atoms with Crippen LogP contribution in [0.15, 0.2) is 24.4 Å². The van der Waals surface area contributed by atoms with Crippen LogP contribution >= 0.6 is 0 Å². The van der Waals surface area contributed by atoms with E-state index in [1.807, 2.05) is 6.92 Å². The van der Waals surface area contributed by atoms with Crippen LogP contribution in [0.3, 0.4) is 0 Å². The Labute approximate surface area is 95.7 Å². The quantitative estimate of drug-likeness (QED) is 0.649. The zero-order valence-electron chi connectivity index (χ0n) is 11.3. The van der Waals surface area contributed by atoms with Crippen LogP contribution in [-0.4, -0.2) is 6.04 Å². The summed E-state index contributed by atoms with van der Waals surface area (Å²) in [6.07, 6.45) is 1.13. The van der Waals surface area contributed by atoms with E-state index in [0.29, 0.717) is 12.0 Å². The predicted molar refractivity (Wildman–Crippen MR) is 69.8 cm³/mol. The molecule has 0 aromatic carbocycles. The smallest absolute Gasteiger partial charge is 0.0521 e. The number of hydrogen-bond donors (Lipinski definition) is 1. The Balaban J connectivity index is 4.88. The first-order valence-corrected chi connectivity index (χ1v) is 5.83. The third kappa shape index (κ3) is 4.11. The van der Waals surface area contributed by atoms with Gasteiger partial charge in [-0.2, -0.15) is 0 Å². The molecule has 0 heterocycles. The summed E-state index contributed by atoms with van der Waals surface area (Å²) in [6, 6.07) is 0.319. The molecule has 0 aliphatic heterocycles. The van der Waals surface area contributed by atoms with Crippen molar-refractivity contribution in [3.05, 3.63) is 24.4 Å². The van der Waals surface area contributed by atoms with Gasteiger partial charge in [-0.15, -0.1) is 0 Å². The SMILES string of the molecule is C=C(C)NC(C(=C)C(C)C)C(C)(C)CC. The zero-order valence-corrected chi connectivity index (χ0v) is 11.3. The van der Waals surface area contributed by atoms with Gasteiger partial charge in [0, 0.05) is 5.70 Å². The molecule has 0 aromatic heterocycles. The van der Waals surface area contributed by atoms with Crippen LogP contribution in [-0.2, 0) is 0 Å². The maximum atomic E-state index is 4.22. The van der Waals surface area contributed by atoms with Crippen LogP contribution in [0.2, 0.25) is 0 Å². The molecule has 1 heteroatoms. The molecule has 0 aliphatic carbocycles. The van der Waals surface area contributed by atoms with Gasteiger partial charge in [-0.25, -0.2) is 0 Å². The molecule has 0 spiro atoms. The zero-order chi connectivity index (χ0) is 12.2. The van der Waals surface area contributed by atoms with Gasteiger partial charge < -0.3 is 5.32 Å². The van der Waals surface area contributed by atoms with E-state index in [2.05, 4.69) is 53.1 Å². The first-order valence-electron chi connectivity index (χ1n) is 5.83. The minimum atomic E-state index is 0.223. The molecule has 1 nitrogen and oxygen atoms in total. The van der Waals surface area contributed by atoms with Crippen molar-refractivity contribution in [3.63, 3.8) is 0 Å². The topological polar surface area (TPSA) is 12.0 Å². The van der Waals surface area contributed by atoms with Crippen molar-refractivity contribution in [1.29, 1.82) is 0 Å². The van der Waals surface area contributed by atoms with Gasteiger partial charge >= 0.3 is 0 Å². The van der Waals surface area contributed by atoms with Crippen molar-refractivity contribution in [3.8, 4) is 0 Å². The molecule has 15 heavy (non-hydrogen) atoms. The predicted octanol–water partition coefficient (Wildman–Crippen LogP) is 4.13. The van der Waals surface area contributed by atoms with Crippen molar-refractivity contribution >= 4 is 0 Å². The highest BCUT2D eigenvalue weighted by Gasteiger charge is 2.30. The lowest BCUT2D eigenvalue weighted by atomic mass is 9.75. The Morgan fingerprint density at radius 1 is 1.27 bits per heavy atom. The summed E-state index contributed by atoms with van der Waals surface area (Å²) in [5.74, 6) is 0.507. The second-order valence-electron chi connectivity index (χ2n) is 5.43. The fraction of sp³-hybridized carbons (Fsp3) is 0.714. The molecule has 1 atom stereocenters. The van der Waals surface area contributed by atoms with Gasteiger partial charge in [0.25, 0.3) is 0 Å². The summed E-state index contributed by atoms with van der Waals surface area (Å²) < 4.78 is 0. The summed E-state index contributed by atoms with van der Waals surface area (Å²) in [4.78, 5) is 0. The average molecular weight is 209 g/mol. The van der Waals surface area contributed by atoms with Gasteiger partial charge in [0.15, 0.2) is 0 Å². The standard InChI is InChI=1S/C14H27N/c1-9-14(7,8)13(15-11(4)5)12(6)10(2)3/h10,13,15H,4,6,9H2,1-3,5,7-8H3. The van der Waals surface area contributed by atoms with Crippen LogP contribution in [0.4, 0.5) is 0 Å². The second kappa shape index (κ2) is 5.39.